The monoisotopic (exact) mass is 688 g/mol. The van der Waals surface area contributed by atoms with Gasteiger partial charge in [-0.25, -0.2) is 4.79 Å². The molecule has 3 aliphatic rings. The Morgan fingerprint density at radius 1 is 0.898 bits per heavy atom. The summed E-state index contributed by atoms with van der Waals surface area (Å²) in [6.07, 6.45) is 13.3. The fraction of sp³-hybridized carbons (Fsp3) is 0.595. The van der Waals surface area contributed by atoms with Crippen molar-refractivity contribution in [3.05, 3.63) is 85.0 Å². The van der Waals surface area contributed by atoms with E-state index in [1.54, 1.807) is 6.08 Å². The van der Waals surface area contributed by atoms with Crippen LogP contribution in [0.25, 0.3) is 0 Å². The van der Waals surface area contributed by atoms with Gasteiger partial charge in [-0.05, 0) is 73.4 Å². The Labute approximate surface area is 296 Å². The lowest BCUT2D eigenvalue weighted by molar-refractivity contribution is -0.327. The Morgan fingerprint density at radius 3 is 2.16 bits per heavy atom. The van der Waals surface area contributed by atoms with E-state index in [4.69, 9.17) is 23.4 Å². The van der Waals surface area contributed by atoms with Gasteiger partial charge >= 0.3 is 5.97 Å². The molecule has 0 saturated carbocycles. The Kier molecular flexibility index (Phi) is 12.1. The lowest BCUT2D eigenvalue weighted by Gasteiger charge is -2.50. The van der Waals surface area contributed by atoms with E-state index in [9.17, 15) is 4.79 Å². The smallest absolute Gasteiger partial charge is 0.331 e. The van der Waals surface area contributed by atoms with E-state index in [1.165, 1.54) is 10.4 Å². The third-order valence-corrected chi connectivity index (χ3v) is 15.8. The van der Waals surface area contributed by atoms with E-state index in [1.807, 2.05) is 19.9 Å². The average Bonchev–Trinajstić information content (AvgIpc) is 3.05. The zero-order valence-electron chi connectivity index (χ0n) is 31.2. The average molecular weight is 689 g/mol. The number of benzene rings is 2. The quantitative estimate of drug-likeness (QED) is 0.158. The SMILES string of the molecule is CC[C@H](/C=C\[C@@H]1C[C@@H]2C[C@H](OC(C)(C)O2)C(C)(C)[C@@H]2CCC[C@H](C/C=C/C(=O)O1)O2)CO[Si](c1ccccc1)(c1ccccc1)C(C)(C)C. The first kappa shape index (κ1) is 37.7. The normalized spacial score (nSPS) is 29.1. The van der Waals surface area contributed by atoms with Crippen molar-refractivity contribution in [2.75, 3.05) is 6.61 Å². The minimum absolute atomic E-state index is 0.0490. The van der Waals surface area contributed by atoms with E-state index in [0.717, 1.165) is 25.7 Å². The Morgan fingerprint density at radius 2 is 1.55 bits per heavy atom. The number of hydrogen-bond donors (Lipinski definition) is 0. The molecule has 3 aliphatic heterocycles. The van der Waals surface area contributed by atoms with Crippen molar-refractivity contribution in [2.45, 2.75) is 142 Å². The molecule has 2 aromatic rings. The summed E-state index contributed by atoms with van der Waals surface area (Å²) in [5.74, 6) is -0.956. The molecule has 4 bridgehead atoms. The van der Waals surface area contributed by atoms with Crippen LogP contribution in [0, 0.1) is 11.3 Å². The fourth-order valence-corrected chi connectivity index (χ4v) is 12.7. The zero-order valence-corrected chi connectivity index (χ0v) is 32.2. The third-order valence-electron chi connectivity index (χ3n) is 10.8. The van der Waals surface area contributed by atoms with Gasteiger partial charge in [0.05, 0.1) is 24.4 Å². The van der Waals surface area contributed by atoms with Gasteiger partial charge in [-0.1, -0.05) is 114 Å². The van der Waals surface area contributed by atoms with Gasteiger partial charge in [0.15, 0.2) is 5.79 Å². The molecule has 268 valence electrons. The lowest BCUT2D eigenvalue weighted by atomic mass is 9.74. The van der Waals surface area contributed by atoms with E-state index < -0.39 is 20.2 Å². The summed E-state index contributed by atoms with van der Waals surface area (Å²) in [5.41, 5.74) is -0.195. The van der Waals surface area contributed by atoms with Crippen LogP contribution in [0.1, 0.15) is 100 Å². The van der Waals surface area contributed by atoms with Gasteiger partial charge in [-0.2, -0.15) is 0 Å². The van der Waals surface area contributed by atoms with E-state index in [2.05, 4.69) is 114 Å². The van der Waals surface area contributed by atoms with E-state index in [0.29, 0.717) is 25.9 Å². The van der Waals surface area contributed by atoms with Crippen molar-refractivity contribution in [2.24, 2.45) is 11.3 Å². The molecule has 2 saturated heterocycles. The van der Waals surface area contributed by atoms with Crippen LogP contribution in [0.4, 0.5) is 0 Å². The van der Waals surface area contributed by atoms with Gasteiger partial charge in [0.2, 0.25) is 0 Å². The maximum Gasteiger partial charge on any atom is 0.331 e. The summed E-state index contributed by atoms with van der Waals surface area (Å²) in [4.78, 5) is 13.2. The van der Waals surface area contributed by atoms with Crippen molar-refractivity contribution in [1.29, 1.82) is 0 Å². The van der Waals surface area contributed by atoms with Crippen LogP contribution >= 0.6 is 0 Å². The summed E-state index contributed by atoms with van der Waals surface area (Å²) >= 11 is 0. The summed E-state index contributed by atoms with van der Waals surface area (Å²) in [6, 6.07) is 21.5. The second-order valence-corrected chi connectivity index (χ2v) is 20.7. The van der Waals surface area contributed by atoms with Gasteiger partial charge in [0.25, 0.3) is 8.32 Å². The van der Waals surface area contributed by atoms with Crippen molar-refractivity contribution >= 4 is 24.7 Å². The molecule has 0 N–H and O–H groups in total. The molecular formula is C42H60O6Si. The first-order valence-electron chi connectivity index (χ1n) is 18.5. The highest BCUT2D eigenvalue weighted by atomic mass is 28.4. The second-order valence-electron chi connectivity index (χ2n) is 16.4. The van der Waals surface area contributed by atoms with Crippen molar-refractivity contribution in [3.8, 4) is 0 Å². The number of fused-ring (bicyclic) bond motifs is 4. The van der Waals surface area contributed by atoms with Crippen LogP contribution in [-0.2, 0) is 28.2 Å². The standard InChI is InChI=1S/C42H60O6Si/c1-9-31(30-44-49(40(2,3)4,35-20-12-10-13-21-35)36-22-14-11-15-23-36)26-27-33-28-34-29-38(48-42(7,8)47-34)41(5,6)37-24-16-18-32(45-37)19-17-25-39(43)46-33/h10-15,17,20-23,25-27,31-34,37-38H,9,16,18-19,24,28-30H2,1-8H3/b25-17+,27-26-/t31-,32-,33-,34-,37+,38+/m1/s1. The maximum absolute atomic E-state index is 13.2. The van der Waals surface area contributed by atoms with Crippen LogP contribution in [-0.4, -0.2) is 57.2 Å². The van der Waals surface area contributed by atoms with Crippen LogP contribution in [0.2, 0.25) is 5.04 Å². The summed E-state index contributed by atoms with van der Waals surface area (Å²) in [5, 5.41) is 2.43. The molecular weight excluding hydrogens is 629 g/mol. The topological polar surface area (TPSA) is 63.2 Å². The minimum atomic E-state index is -2.68. The fourth-order valence-electron chi connectivity index (χ4n) is 8.05. The minimum Gasteiger partial charge on any atom is -0.455 e. The van der Waals surface area contributed by atoms with Gasteiger partial charge < -0.3 is 23.4 Å². The highest BCUT2D eigenvalue weighted by Gasteiger charge is 2.51. The van der Waals surface area contributed by atoms with Crippen LogP contribution in [0.3, 0.4) is 0 Å². The van der Waals surface area contributed by atoms with Crippen LogP contribution < -0.4 is 10.4 Å². The van der Waals surface area contributed by atoms with E-state index >= 15 is 0 Å². The molecule has 0 unspecified atom stereocenters. The molecule has 7 heteroatoms. The van der Waals surface area contributed by atoms with Gasteiger partial charge in [-0.3, -0.25) is 0 Å². The van der Waals surface area contributed by atoms with Crippen molar-refractivity contribution in [3.63, 3.8) is 0 Å². The largest absolute Gasteiger partial charge is 0.455 e. The van der Waals surface area contributed by atoms with Crippen LogP contribution in [0.15, 0.2) is 85.0 Å². The Bertz CT molecular complexity index is 1370. The number of hydrogen-bond acceptors (Lipinski definition) is 6. The molecule has 0 spiro atoms. The first-order chi connectivity index (χ1) is 23.2. The highest BCUT2D eigenvalue weighted by molar-refractivity contribution is 6.99. The zero-order chi connectivity index (χ0) is 35.3. The molecule has 6 atom stereocenters. The first-order valence-corrected chi connectivity index (χ1v) is 20.5. The molecule has 0 aliphatic carbocycles. The van der Waals surface area contributed by atoms with E-state index in [-0.39, 0.29) is 46.8 Å². The molecule has 2 fully saturated rings. The third kappa shape index (κ3) is 9.03. The number of cyclic esters (lactones) is 1. The molecule has 0 amide bonds. The predicted molar refractivity (Wildman–Crippen MR) is 199 cm³/mol. The van der Waals surface area contributed by atoms with Gasteiger partial charge in [0.1, 0.15) is 6.10 Å². The predicted octanol–water partition coefficient (Wildman–Crippen LogP) is 8.28. The maximum atomic E-state index is 13.2. The van der Waals surface area contributed by atoms with Crippen molar-refractivity contribution in [1.82, 2.24) is 0 Å². The summed E-state index contributed by atoms with van der Waals surface area (Å²) in [7, 11) is -2.68. The van der Waals surface area contributed by atoms with Gasteiger partial charge in [0, 0.05) is 30.9 Å². The number of carbonyl (C=O) groups is 1. The number of carbonyl (C=O) groups excluding carboxylic acids is 1. The Balaban J connectivity index is 1.41. The number of ether oxygens (including phenoxy) is 4. The molecule has 5 rings (SSSR count). The molecule has 2 aromatic carbocycles. The molecule has 0 radical (unpaired) electrons. The molecule has 6 nitrogen and oxygen atoms in total. The Hall–Kier alpha value is -2.55. The summed E-state index contributed by atoms with van der Waals surface area (Å²) in [6.45, 7) is 18.2. The number of rotatable bonds is 8. The summed E-state index contributed by atoms with van der Waals surface area (Å²) < 4.78 is 33.1. The van der Waals surface area contributed by atoms with Crippen LogP contribution in [0.5, 0.6) is 0 Å². The second kappa shape index (κ2) is 15.8. The molecule has 3 heterocycles. The lowest BCUT2D eigenvalue weighted by Crippen LogP contribution is -2.66. The molecule has 0 aromatic heterocycles. The van der Waals surface area contributed by atoms with Crippen molar-refractivity contribution < 1.29 is 28.2 Å². The number of esters is 1. The van der Waals surface area contributed by atoms with Gasteiger partial charge in [-0.15, -0.1) is 0 Å². The highest BCUT2D eigenvalue weighted by Crippen LogP contribution is 2.44. The molecule has 49 heavy (non-hydrogen) atoms.